The number of halogens is 3. The zero-order valence-corrected chi connectivity index (χ0v) is 13.9. The van der Waals surface area contributed by atoms with Crippen LogP contribution in [0.5, 0.6) is 0 Å². The summed E-state index contributed by atoms with van der Waals surface area (Å²) in [7, 11) is -4.43. The van der Waals surface area contributed by atoms with E-state index in [-0.39, 0.29) is 0 Å². The maximum atomic E-state index is 13.2. The van der Waals surface area contributed by atoms with Crippen LogP contribution in [0, 0.1) is 0 Å². The Morgan fingerprint density at radius 1 is 1.12 bits per heavy atom. The summed E-state index contributed by atoms with van der Waals surface area (Å²) >= 11 is 0. The van der Waals surface area contributed by atoms with Crippen LogP contribution in [0.25, 0.3) is 0 Å². The van der Waals surface area contributed by atoms with Crippen LogP contribution < -0.4 is 10.0 Å². The van der Waals surface area contributed by atoms with Crippen molar-refractivity contribution in [3.8, 4) is 0 Å². The molecule has 0 aliphatic carbocycles. The Morgan fingerprint density at radius 2 is 1.79 bits per heavy atom. The molecule has 2 aliphatic heterocycles. The second kappa shape index (κ2) is 6.20. The van der Waals surface area contributed by atoms with E-state index in [1.807, 2.05) is 4.90 Å². The van der Waals surface area contributed by atoms with Crippen molar-refractivity contribution in [3.05, 3.63) is 23.8 Å². The van der Waals surface area contributed by atoms with Gasteiger partial charge >= 0.3 is 6.18 Å². The lowest BCUT2D eigenvalue weighted by Gasteiger charge is -2.25. The highest BCUT2D eigenvalue weighted by molar-refractivity contribution is 7.89. The Kier molecular flexibility index (Phi) is 4.52. The van der Waals surface area contributed by atoms with Gasteiger partial charge in [0.05, 0.1) is 10.5 Å². The van der Waals surface area contributed by atoms with Crippen molar-refractivity contribution in [2.75, 3.05) is 31.1 Å². The van der Waals surface area contributed by atoms with Gasteiger partial charge in [-0.2, -0.15) is 13.2 Å². The minimum absolute atomic E-state index is 0.347. The van der Waals surface area contributed by atoms with Gasteiger partial charge in [-0.3, -0.25) is 4.90 Å². The van der Waals surface area contributed by atoms with Gasteiger partial charge in [-0.1, -0.05) is 0 Å². The summed E-state index contributed by atoms with van der Waals surface area (Å²) in [6.07, 6.45) is -1.54. The van der Waals surface area contributed by atoms with E-state index in [1.165, 1.54) is 6.07 Å². The van der Waals surface area contributed by atoms with Gasteiger partial charge < -0.3 is 4.90 Å². The Bertz CT molecular complexity index is 715. The molecule has 0 amide bonds. The van der Waals surface area contributed by atoms with E-state index in [4.69, 9.17) is 5.14 Å². The predicted molar refractivity (Wildman–Crippen MR) is 84.2 cm³/mol. The number of anilines is 1. The van der Waals surface area contributed by atoms with E-state index in [0.717, 1.165) is 44.5 Å². The van der Waals surface area contributed by atoms with Crippen LogP contribution in [0.3, 0.4) is 0 Å². The number of hydrogen-bond donors (Lipinski definition) is 1. The molecule has 5 nitrogen and oxygen atoms in total. The average molecular weight is 363 g/mol. The molecule has 0 aromatic heterocycles. The van der Waals surface area contributed by atoms with Crippen molar-refractivity contribution in [1.82, 2.24) is 4.90 Å². The molecule has 0 spiro atoms. The molecule has 0 bridgehead atoms. The molecule has 9 heteroatoms. The molecular formula is C15H20F3N3O2S. The first-order valence-corrected chi connectivity index (χ1v) is 9.44. The number of sulfonamides is 1. The first-order chi connectivity index (χ1) is 11.2. The number of hydrogen-bond acceptors (Lipinski definition) is 4. The fourth-order valence-electron chi connectivity index (χ4n) is 3.57. The molecule has 24 heavy (non-hydrogen) atoms. The van der Waals surface area contributed by atoms with Crippen LogP contribution in [-0.4, -0.2) is 45.5 Å². The summed E-state index contributed by atoms with van der Waals surface area (Å²) in [6.45, 7) is 3.40. The third-order valence-corrected chi connectivity index (χ3v) is 5.73. The molecule has 134 valence electrons. The Hall–Kier alpha value is -1.32. The molecule has 2 fully saturated rings. The molecule has 0 saturated carbocycles. The van der Waals surface area contributed by atoms with Gasteiger partial charge in [0.1, 0.15) is 0 Å². The van der Waals surface area contributed by atoms with Gasteiger partial charge in [-0.05, 0) is 50.6 Å². The van der Waals surface area contributed by atoms with Crippen molar-refractivity contribution in [2.24, 2.45) is 5.14 Å². The number of nitrogens with zero attached hydrogens (tertiary/aromatic N) is 2. The molecular weight excluding hydrogens is 343 g/mol. The maximum absolute atomic E-state index is 13.2. The minimum Gasteiger partial charge on any atom is -0.370 e. The van der Waals surface area contributed by atoms with Gasteiger partial charge in [0.25, 0.3) is 0 Å². The topological polar surface area (TPSA) is 66.6 Å². The smallest absolute Gasteiger partial charge is 0.370 e. The molecule has 1 atom stereocenters. The molecule has 2 aliphatic rings. The van der Waals surface area contributed by atoms with Crippen LogP contribution in [0.2, 0.25) is 0 Å². The number of alkyl halides is 3. The van der Waals surface area contributed by atoms with Gasteiger partial charge in [0.2, 0.25) is 10.0 Å². The van der Waals surface area contributed by atoms with E-state index in [0.29, 0.717) is 24.8 Å². The molecule has 1 aromatic rings. The number of likely N-dealkylation sites (tertiary alicyclic amines) is 1. The van der Waals surface area contributed by atoms with Gasteiger partial charge in [0.15, 0.2) is 0 Å². The molecule has 1 aromatic carbocycles. The zero-order chi connectivity index (χ0) is 17.5. The lowest BCUT2D eigenvalue weighted by Crippen LogP contribution is -2.35. The third kappa shape index (κ3) is 3.52. The fraction of sp³-hybridized carbons (Fsp3) is 0.600. The summed E-state index contributed by atoms with van der Waals surface area (Å²) < 4.78 is 62.5. The van der Waals surface area contributed by atoms with Crippen molar-refractivity contribution >= 4 is 15.7 Å². The van der Waals surface area contributed by atoms with Crippen molar-refractivity contribution in [2.45, 2.75) is 36.4 Å². The summed E-state index contributed by atoms with van der Waals surface area (Å²) in [5.41, 5.74) is -0.816. The quantitative estimate of drug-likeness (QED) is 0.892. The van der Waals surface area contributed by atoms with Gasteiger partial charge in [-0.15, -0.1) is 0 Å². The molecule has 2 N–H and O–H groups in total. The highest BCUT2D eigenvalue weighted by atomic mass is 32.2. The fourth-order valence-corrected chi connectivity index (χ4v) is 4.30. The normalized spacial score (nSPS) is 23.2. The van der Waals surface area contributed by atoms with Crippen LogP contribution in [-0.2, 0) is 16.2 Å². The second-order valence-corrected chi connectivity index (χ2v) is 7.88. The number of primary sulfonamides is 1. The minimum atomic E-state index is -4.77. The molecule has 2 heterocycles. The zero-order valence-electron chi connectivity index (χ0n) is 13.1. The SMILES string of the molecule is NS(=O)(=O)c1ccc(N2CCC(N3CCCC3)C2)cc1C(F)(F)F. The summed E-state index contributed by atoms with van der Waals surface area (Å²) in [5, 5.41) is 4.91. The predicted octanol–water partition coefficient (Wildman–Crippen LogP) is 2.03. The van der Waals surface area contributed by atoms with Crippen LogP contribution >= 0.6 is 0 Å². The number of benzene rings is 1. The molecule has 2 saturated heterocycles. The number of rotatable bonds is 3. The maximum Gasteiger partial charge on any atom is 0.417 e. The molecule has 1 unspecified atom stereocenters. The van der Waals surface area contributed by atoms with E-state index >= 15 is 0 Å². The van der Waals surface area contributed by atoms with Crippen molar-refractivity contribution in [3.63, 3.8) is 0 Å². The molecule has 0 radical (unpaired) electrons. The Labute approximate surface area is 139 Å². The standard InChI is InChI=1S/C15H20F3N3O2S/c16-15(17,18)13-9-11(3-4-14(13)24(19,22)23)21-8-5-12(10-21)20-6-1-2-7-20/h3-4,9,12H,1-2,5-8,10H2,(H2,19,22,23). The van der Waals surface area contributed by atoms with E-state index < -0.39 is 26.7 Å². The molecule has 3 rings (SSSR count). The third-order valence-electron chi connectivity index (χ3n) is 4.76. The summed E-state index contributed by atoms with van der Waals surface area (Å²) in [5.74, 6) is 0. The van der Waals surface area contributed by atoms with Crippen LogP contribution in [0.1, 0.15) is 24.8 Å². The lowest BCUT2D eigenvalue weighted by molar-refractivity contribution is -0.139. The summed E-state index contributed by atoms with van der Waals surface area (Å²) in [4.78, 5) is 3.38. The average Bonchev–Trinajstić information content (AvgIpc) is 3.16. The van der Waals surface area contributed by atoms with E-state index in [1.54, 1.807) is 0 Å². The lowest BCUT2D eigenvalue weighted by atomic mass is 10.2. The monoisotopic (exact) mass is 363 g/mol. The highest BCUT2D eigenvalue weighted by Crippen LogP contribution is 2.37. The van der Waals surface area contributed by atoms with Gasteiger partial charge in [-0.25, -0.2) is 13.6 Å². The van der Waals surface area contributed by atoms with E-state index in [2.05, 4.69) is 4.90 Å². The van der Waals surface area contributed by atoms with Crippen LogP contribution in [0.15, 0.2) is 23.1 Å². The summed E-state index contributed by atoms with van der Waals surface area (Å²) in [6, 6.07) is 3.60. The largest absolute Gasteiger partial charge is 0.417 e. The van der Waals surface area contributed by atoms with E-state index in [9.17, 15) is 21.6 Å². The van der Waals surface area contributed by atoms with Crippen LogP contribution in [0.4, 0.5) is 18.9 Å². The second-order valence-electron chi connectivity index (χ2n) is 6.35. The Morgan fingerprint density at radius 3 is 2.38 bits per heavy atom. The van der Waals surface area contributed by atoms with Gasteiger partial charge in [0, 0.05) is 24.8 Å². The first kappa shape index (κ1) is 17.5. The first-order valence-electron chi connectivity index (χ1n) is 7.89. The highest BCUT2D eigenvalue weighted by Gasteiger charge is 2.38. The van der Waals surface area contributed by atoms with Crippen molar-refractivity contribution in [1.29, 1.82) is 0 Å². The van der Waals surface area contributed by atoms with Crippen molar-refractivity contribution < 1.29 is 21.6 Å². The number of nitrogens with two attached hydrogens (primary N) is 1. The Balaban J connectivity index is 1.87.